The van der Waals surface area contributed by atoms with Crippen molar-refractivity contribution in [2.24, 2.45) is 11.8 Å². The fourth-order valence-electron chi connectivity index (χ4n) is 5.82. The summed E-state index contributed by atoms with van der Waals surface area (Å²) >= 11 is 0. The van der Waals surface area contributed by atoms with Crippen LogP contribution in [-0.4, -0.2) is 18.7 Å². The summed E-state index contributed by atoms with van der Waals surface area (Å²) in [5.74, 6) is 2.69. The van der Waals surface area contributed by atoms with Gasteiger partial charge in [-0.15, -0.1) is 0 Å². The zero-order valence-electron chi connectivity index (χ0n) is 17.4. The van der Waals surface area contributed by atoms with Crippen LogP contribution in [0.2, 0.25) is 0 Å². The van der Waals surface area contributed by atoms with Crippen LogP contribution >= 0.6 is 0 Å². The zero-order valence-corrected chi connectivity index (χ0v) is 17.4. The Labute approximate surface area is 167 Å². The highest BCUT2D eigenvalue weighted by Gasteiger charge is 2.32. The maximum atomic E-state index is 6.76. The summed E-state index contributed by atoms with van der Waals surface area (Å²) in [6.45, 7) is 1.17. The molecule has 0 aromatic heterocycles. The molecule has 4 aliphatic rings. The number of nitrogens with one attached hydrogen (secondary N) is 1. The van der Waals surface area contributed by atoms with E-state index >= 15 is 0 Å². The first-order valence-electron chi connectivity index (χ1n) is 12.2. The minimum Gasteiger partial charge on any atom is -0.494 e. The Morgan fingerprint density at radius 3 is 2.15 bits per heavy atom. The molecule has 0 radical (unpaired) electrons. The van der Waals surface area contributed by atoms with Gasteiger partial charge in [-0.1, -0.05) is 57.4 Å². The molecule has 152 valence electrons. The molecule has 0 aromatic carbocycles. The third kappa shape index (κ3) is 5.40. The van der Waals surface area contributed by atoms with Gasteiger partial charge in [-0.05, 0) is 75.5 Å². The summed E-state index contributed by atoms with van der Waals surface area (Å²) in [5.41, 5.74) is 1.61. The van der Waals surface area contributed by atoms with Crippen molar-refractivity contribution in [2.45, 2.75) is 115 Å². The molecule has 2 heteroatoms. The quantitative estimate of drug-likeness (QED) is 0.598. The van der Waals surface area contributed by atoms with E-state index in [2.05, 4.69) is 17.5 Å². The van der Waals surface area contributed by atoms with E-state index in [0.717, 1.165) is 5.92 Å². The number of rotatable bonds is 3. The van der Waals surface area contributed by atoms with Crippen molar-refractivity contribution in [3.8, 4) is 0 Å². The van der Waals surface area contributed by atoms with Crippen LogP contribution in [0.5, 0.6) is 0 Å². The Balaban J connectivity index is 1.53. The molecule has 1 aliphatic heterocycles. The molecule has 1 saturated heterocycles. The Morgan fingerprint density at radius 2 is 1.33 bits per heavy atom. The Hall–Kier alpha value is -0.760. The van der Waals surface area contributed by atoms with Crippen molar-refractivity contribution in [1.82, 2.24) is 5.32 Å². The van der Waals surface area contributed by atoms with Gasteiger partial charge < -0.3 is 10.1 Å². The van der Waals surface area contributed by atoms with Crippen LogP contribution < -0.4 is 5.32 Å². The summed E-state index contributed by atoms with van der Waals surface area (Å²) in [6, 6.07) is 0.509. The lowest BCUT2D eigenvalue weighted by atomic mass is 9.78. The minimum absolute atomic E-state index is 0.479. The highest BCUT2D eigenvalue weighted by molar-refractivity contribution is 5.33. The number of hydrogen-bond acceptors (Lipinski definition) is 2. The first-order chi connectivity index (χ1) is 13.4. The SMILES string of the molecule is C1=C(C2CCCCCCC2)C=C(OC2CCCCC2)C2CCCCCNC12. The standard InChI is InChI=1S/C25H41NO/c1-2-6-12-20(13-7-3-1)21-18-24-23(16-10-5-11-17-26-24)25(19-21)27-22-14-8-4-9-15-22/h18-20,22-24,26H,1-17H2. The van der Waals surface area contributed by atoms with E-state index in [-0.39, 0.29) is 0 Å². The van der Waals surface area contributed by atoms with Crippen LogP contribution in [-0.2, 0) is 4.74 Å². The van der Waals surface area contributed by atoms with E-state index in [1.165, 1.54) is 115 Å². The number of hydrogen-bond donors (Lipinski definition) is 1. The summed E-state index contributed by atoms with van der Waals surface area (Å²) in [4.78, 5) is 0. The molecule has 3 aliphatic carbocycles. The van der Waals surface area contributed by atoms with E-state index in [1.54, 1.807) is 5.57 Å². The van der Waals surface area contributed by atoms with Crippen LogP contribution in [0, 0.1) is 11.8 Å². The van der Waals surface area contributed by atoms with Gasteiger partial charge in [0.25, 0.3) is 0 Å². The van der Waals surface area contributed by atoms with Crippen LogP contribution in [0.3, 0.4) is 0 Å². The second-order valence-electron chi connectivity index (χ2n) is 9.57. The Kier molecular flexibility index (Phi) is 7.34. The molecule has 3 fully saturated rings. The largest absolute Gasteiger partial charge is 0.494 e. The minimum atomic E-state index is 0.479. The van der Waals surface area contributed by atoms with Crippen molar-refractivity contribution < 1.29 is 4.74 Å². The van der Waals surface area contributed by atoms with Crippen molar-refractivity contribution in [3.05, 3.63) is 23.5 Å². The fourth-order valence-corrected chi connectivity index (χ4v) is 5.82. The number of ether oxygens (including phenoxy) is 1. The molecule has 2 saturated carbocycles. The lowest BCUT2D eigenvalue weighted by molar-refractivity contribution is 0.0555. The molecule has 4 rings (SSSR count). The van der Waals surface area contributed by atoms with Gasteiger partial charge >= 0.3 is 0 Å². The average molecular weight is 372 g/mol. The first-order valence-corrected chi connectivity index (χ1v) is 12.2. The van der Waals surface area contributed by atoms with E-state index in [0.29, 0.717) is 18.1 Å². The number of allylic oxidation sites excluding steroid dienone is 2. The van der Waals surface area contributed by atoms with E-state index in [9.17, 15) is 0 Å². The third-order valence-corrected chi connectivity index (χ3v) is 7.48. The van der Waals surface area contributed by atoms with Crippen molar-refractivity contribution in [2.75, 3.05) is 6.54 Å². The topological polar surface area (TPSA) is 21.3 Å². The fraction of sp³-hybridized carbons (Fsp3) is 0.840. The third-order valence-electron chi connectivity index (χ3n) is 7.48. The van der Waals surface area contributed by atoms with Gasteiger partial charge in [0.15, 0.2) is 0 Å². The van der Waals surface area contributed by atoms with Gasteiger partial charge in [0.05, 0.1) is 6.10 Å². The van der Waals surface area contributed by atoms with Crippen LogP contribution in [0.25, 0.3) is 0 Å². The van der Waals surface area contributed by atoms with Crippen LogP contribution in [0.4, 0.5) is 0 Å². The van der Waals surface area contributed by atoms with Gasteiger partial charge in [0.2, 0.25) is 0 Å². The summed E-state index contributed by atoms with van der Waals surface area (Å²) in [7, 11) is 0. The smallest absolute Gasteiger partial charge is 0.102 e. The van der Waals surface area contributed by atoms with Crippen LogP contribution in [0.15, 0.2) is 23.5 Å². The maximum absolute atomic E-state index is 6.76. The van der Waals surface area contributed by atoms with Crippen molar-refractivity contribution in [3.63, 3.8) is 0 Å². The maximum Gasteiger partial charge on any atom is 0.102 e. The second-order valence-corrected chi connectivity index (χ2v) is 9.57. The number of fused-ring (bicyclic) bond motifs is 1. The molecule has 2 atom stereocenters. The highest BCUT2D eigenvalue weighted by atomic mass is 16.5. The average Bonchev–Trinajstić information content (AvgIpc) is 2.63. The van der Waals surface area contributed by atoms with Crippen LogP contribution in [0.1, 0.15) is 103 Å². The predicted molar refractivity (Wildman–Crippen MR) is 114 cm³/mol. The Bertz CT molecular complexity index is 508. The highest BCUT2D eigenvalue weighted by Crippen LogP contribution is 2.38. The molecule has 0 spiro atoms. The summed E-state index contributed by atoms with van der Waals surface area (Å²) in [6.07, 6.45) is 27.5. The molecule has 0 aromatic rings. The normalized spacial score (nSPS) is 32.1. The molecule has 1 heterocycles. The van der Waals surface area contributed by atoms with Crippen molar-refractivity contribution >= 4 is 0 Å². The first kappa shape index (κ1) is 19.6. The van der Waals surface area contributed by atoms with Gasteiger partial charge in [0, 0.05) is 12.0 Å². The van der Waals surface area contributed by atoms with Gasteiger partial charge in [-0.3, -0.25) is 0 Å². The lowest BCUT2D eigenvalue weighted by Crippen LogP contribution is -2.41. The van der Waals surface area contributed by atoms with E-state index in [1.807, 2.05) is 0 Å². The van der Waals surface area contributed by atoms with Gasteiger partial charge in [-0.25, -0.2) is 0 Å². The van der Waals surface area contributed by atoms with E-state index < -0.39 is 0 Å². The molecule has 0 amide bonds. The second kappa shape index (κ2) is 10.1. The molecular weight excluding hydrogens is 330 g/mol. The van der Waals surface area contributed by atoms with Gasteiger partial charge in [0.1, 0.15) is 5.76 Å². The van der Waals surface area contributed by atoms with Crippen molar-refractivity contribution in [1.29, 1.82) is 0 Å². The monoisotopic (exact) mass is 371 g/mol. The Morgan fingerprint density at radius 1 is 0.704 bits per heavy atom. The predicted octanol–water partition coefficient (Wildman–Crippen LogP) is 6.67. The van der Waals surface area contributed by atoms with Gasteiger partial charge in [-0.2, -0.15) is 0 Å². The lowest BCUT2D eigenvalue weighted by Gasteiger charge is -2.37. The molecule has 2 unspecified atom stereocenters. The molecule has 27 heavy (non-hydrogen) atoms. The molecule has 1 N–H and O–H groups in total. The molecule has 0 bridgehead atoms. The zero-order chi connectivity index (χ0) is 18.3. The molecule has 2 nitrogen and oxygen atoms in total. The van der Waals surface area contributed by atoms with E-state index in [4.69, 9.17) is 4.74 Å². The molecular formula is C25H41NO. The summed E-state index contributed by atoms with van der Waals surface area (Å²) in [5, 5.41) is 3.89. The summed E-state index contributed by atoms with van der Waals surface area (Å²) < 4.78 is 6.76.